The number of nitrogens with zero attached hydrogens (tertiary/aromatic N) is 1. The zero-order valence-electron chi connectivity index (χ0n) is 10.2. The van der Waals surface area contributed by atoms with E-state index in [1.54, 1.807) is 24.0 Å². The van der Waals surface area contributed by atoms with E-state index in [0.29, 0.717) is 24.5 Å². The molecule has 0 N–H and O–H groups in total. The maximum atomic E-state index is 13.8. The molecule has 0 aliphatic rings. The molecule has 0 spiro atoms. The zero-order chi connectivity index (χ0) is 12.8. The summed E-state index contributed by atoms with van der Waals surface area (Å²) in [5.41, 5.74) is 0.613. The number of hydrogen-bond donors (Lipinski definition) is 0. The maximum absolute atomic E-state index is 13.8. The Morgan fingerprint density at radius 1 is 1.41 bits per heavy atom. The Bertz CT molecular complexity index is 389. The molecule has 0 saturated carbocycles. The van der Waals surface area contributed by atoms with Gasteiger partial charge in [-0.25, -0.2) is 4.39 Å². The molecule has 0 radical (unpaired) electrons. The van der Waals surface area contributed by atoms with Gasteiger partial charge in [0, 0.05) is 19.0 Å². The Labute approximate surface area is 106 Å². The Morgan fingerprint density at radius 3 is 2.71 bits per heavy atom. The Morgan fingerprint density at radius 2 is 2.12 bits per heavy atom. The lowest BCUT2D eigenvalue weighted by atomic mass is 10.1. The lowest BCUT2D eigenvalue weighted by Crippen LogP contribution is -2.34. The molecule has 4 heteroatoms. The lowest BCUT2D eigenvalue weighted by Gasteiger charge is -2.21. The number of carbonyl (C=O) groups is 1. The van der Waals surface area contributed by atoms with Crippen molar-refractivity contribution in [2.75, 3.05) is 19.0 Å². The number of aryl methyl sites for hydroxylation is 1. The number of amides is 1. The highest BCUT2D eigenvalue weighted by molar-refractivity contribution is 6.18. The number of carbonyl (C=O) groups excluding carboxylic acids is 1. The molecule has 1 aromatic carbocycles. The van der Waals surface area contributed by atoms with Gasteiger partial charge in [-0.2, -0.15) is 0 Å². The van der Waals surface area contributed by atoms with Crippen molar-refractivity contribution < 1.29 is 9.18 Å². The van der Waals surface area contributed by atoms with Crippen LogP contribution in [0.3, 0.4) is 0 Å². The molecule has 0 aliphatic carbocycles. The normalized spacial score (nSPS) is 10.4. The fourth-order valence-corrected chi connectivity index (χ4v) is 1.87. The average Bonchev–Trinajstić information content (AvgIpc) is 2.31. The highest BCUT2D eigenvalue weighted by Gasteiger charge is 2.18. The predicted molar refractivity (Wildman–Crippen MR) is 68.1 cm³/mol. The standard InChI is InChI=1S/C13H17ClFNO/c1-3-8-16(9-7-14)13(17)11-6-4-5-10(2)12(11)15/h4-6H,3,7-9H2,1-2H3. The van der Waals surface area contributed by atoms with Crippen LogP contribution in [0.25, 0.3) is 0 Å². The monoisotopic (exact) mass is 257 g/mol. The van der Waals surface area contributed by atoms with E-state index >= 15 is 0 Å². The van der Waals surface area contributed by atoms with Gasteiger partial charge in [0.05, 0.1) is 5.56 Å². The van der Waals surface area contributed by atoms with E-state index in [0.717, 1.165) is 6.42 Å². The van der Waals surface area contributed by atoms with E-state index in [-0.39, 0.29) is 11.5 Å². The molecule has 0 unspecified atom stereocenters. The van der Waals surface area contributed by atoms with Crippen LogP contribution in [0.2, 0.25) is 0 Å². The van der Waals surface area contributed by atoms with Gasteiger partial charge in [-0.1, -0.05) is 19.1 Å². The predicted octanol–water partition coefficient (Wildman–Crippen LogP) is 3.23. The fourth-order valence-electron chi connectivity index (χ4n) is 1.67. The van der Waals surface area contributed by atoms with Crippen molar-refractivity contribution in [3.8, 4) is 0 Å². The Balaban J connectivity index is 2.96. The van der Waals surface area contributed by atoms with Crippen LogP contribution < -0.4 is 0 Å². The number of hydrogen-bond acceptors (Lipinski definition) is 1. The third-order valence-electron chi connectivity index (χ3n) is 2.56. The van der Waals surface area contributed by atoms with Crippen LogP contribution in [0.15, 0.2) is 18.2 Å². The highest BCUT2D eigenvalue weighted by atomic mass is 35.5. The molecule has 1 rings (SSSR count). The summed E-state index contributed by atoms with van der Waals surface area (Å²) in [5, 5.41) is 0. The summed E-state index contributed by atoms with van der Waals surface area (Å²) in [6.45, 7) is 4.67. The Kier molecular flexibility index (Phi) is 5.42. The molecular weight excluding hydrogens is 241 g/mol. The van der Waals surface area contributed by atoms with E-state index < -0.39 is 5.82 Å². The summed E-state index contributed by atoms with van der Waals surface area (Å²) < 4.78 is 13.8. The summed E-state index contributed by atoms with van der Waals surface area (Å²) in [5.74, 6) is -0.360. The van der Waals surface area contributed by atoms with Crippen LogP contribution >= 0.6 is 11.6 Å². The first-order valence-corrected chi connectivity index (χ1v) is 6.25. The topological polar surface area (TPSA) is 20.3 Å². The van der Waals surface area contributed by atoms with Gasteiger partial charge in [0.15, 0.2) is 0 Å². The molecule has 0 bridgehead atoms. The lowest BCUT2D eigenvalue weighted by molar-refractivity contribution is 0.0760. The summed E-state index contributed by atoms with van der Waals surface area (Å²) in [4.78, 5) is 13.7. The first kappa shape index (κ1) is 14.0. The molecule has 17 heavy (non-hydrogen) atoms. The highest BCUT2D eigenvalue weighted by Crippen LogP contribution is 2.14. The van der Waals surface area contributed by atoms with Crippen LogP contribution in [-0.2, 0) is 0 Å². The molecule has 0 atom stereocenters. The molecule has 0 aliphatic heterocycles. The molecule has 0 fully saturated rings. The van der Waals surface area contributed by atoms with Crippen molar-refractivity contribution in [2.24, 2.45) is 0 Å². The van der Waals surface area contributed by atoms with Crippen LogP contribution in [0.4, 0.5) is 4.39 Å². The van der Waals surface area contributed by atoms with Gasteiger partial charge in [-0.15, -0.1) is 11.6 Å². The molecule has 2 nitrogen and oxygen atoms in total. The van der Waals surface area contributed by atoms with E-state index in [9.17, 15) is 9.18 Å². The third kappa shape index (κ3) is 3.43. The van der Waals surface area contributed by atoms with Crippen LogP contribution in [0.5, 0.6) is 0 Å². The Hall–Kier alpha value is -1.09. The second-order valence-electron chi connectivity index (χ2n) is 3.92. The minimum atomic E-state index is -0.437. The molecule has 0 heterocycles. The van der Waals surface area contributed by atoms with Crippen molar-refractivity contribution in [1.82, 2.24) is 4.90 Å². The first-order valence-electron chi connectivity index (χ1n) is 5.72. The average molecular weight is 258 g/mol. The van der Waals surface area contributed by atoms with Crippen molar-refractivity contribution in [3.63, 3.8) is 0 Å². The van der Waals surface area contributed by atoms with Gasteiger partial charge < -0.3 is 4.90 Å². The summed E-state index contributed by atoms with van der Waals surface area (Å²) >= 11 is 5.65. The summed E-state index contributed by atoms with van der Waals surface area (Å²) in [7, 11) is 0. The van der Waals surface area contributed by atoms with E-state index in [4.69, 9.17) is 11.6 Å². The number of halogens is 2. The maximum Gasteiger partial charge on any atom is 0.256 e. The van der Waals surface area contributed by atoms with Gasteiger partial charge >= 0.3 is 0 Å². The van der Waals surface area contributed by atoms with Gasteiger partial charge in [-0.3, -0.25) is 4.79 Å². The second kappa shape index (κ2) is 6.60. The summed E-state index contributed by atoms with van der Waals surface area (Å²) in [6.07, 6.45) is 0.829. The van der Waals surface area contributed by atoms with E-state index in [1.165, 1.54) is 6.07 Å². The number of benzene rings is 1. The minimum absolute atomic E-state index is 0.128. The van der Waals surface area contributed by atoms with Gasteiger partial charge in [-0.05, 0) is 25.0 Å². The van der Waals surface area contributed by atoms with Crippen LogP contribution in [-0.4, -0.2) is 29.8 Å². The fraction of sp³-hybridized carbons (Fsp3) is 0.462. The van der Waals surface area contributed by atoms with Crippen molar-refractivity contribution in [3.05, 3.63) is 35.1 Å². The third-order valence-corrected chi connectivity index (χ3v) is 2.73. The largest absolute Gasteiger partial charge is 0.337 e. The quantitative estimate of drug-likeness (QED) is 0.742. The van der Waals surface area contributed by atoms with Gasteiger partial charge in [0.1, 0.15) is 5.82 Å². The van der Waals surface area contributed by atoms with Crippen LogP contribution in [0.1, 0.15) is 29.3 Å². The molecule has 1 aromatic rings. The SMILES string of the molecule is CCCN(CCCl)C(=O)c1cccc(C)c1F. The first-order chi connectivity index (χ1) is 8.11. The van der Waals surface area contributed by atoms with Crippen molar-refractivity contribution in [1.29, 1.82) is 0 Å². The zero-order valence-corrected chi connectivity index (χ0v) is 10.9. The van der Waals surface area contributed by atoms with E-state index in [1.807, 2.05) is 6.92 Å². The number of alkyl halides is 1. The molecule has 0 aromatic heterocycles. The van der Waals surface area contributed by atoms with Gasteiger partial charge in [0.2, 0.25) is 0 Å². The number of rotatable bonds is 5. The molecular formula is C13H17ClFNO. The van der Waals surface area contributed by atoms with Crippen LogP contribution in [0, 0.1) is 12.7 Å². The molecule has 94 valence electrons. The minimum Gasteiger partial charge on any atom is -0.337 e. The smallest absolute Gasteiger partial charge is 0.256 e. The second-order valence-corrected chi connectivity index (χ2v) is 4.30. The van der Waals surface area contributed by atoms with Gasteiger partial charge in [0.25, 0.3) is 5.91 Å². The van der Waals surface area contributed by atoms with Crippen molar-refractivity contribution in [2.45, 2.75) is 20.3 Å². The molecule has 1 amide bonds. The molecule has 0 saturated heterocycles. The summed E-state index contributed by atoms with van der Waals surface area (Å²) in [6, 6.07) is 4.86. The van der Waals surface area contributed by atoms with Crippen molar-refractivity contribution >= 4 is 17.5 Å². The van der Waals surface area contributed by atoms with E-state index in [2.05, 4.69) is 0 Å².